The Labute approximate surface area is 108 Å². The summed E-state index contributed by atoms with van der Waals surface area (Å²) < 4.78 is 18.7. The summed E-state index contributed by atoms with van der Waals surface area (Å²) in [5.74, 6) is -0.245. The number of ether oxygens (including phenoxy) is 1. The van der Waals surface area contributed by atoms with Gasteiger partial charge in [-0.2, -0.15) is 0 Å². The van der Waals surface area contributed by atoms with Crippen LogP contribution >= 0.6 is 23.2 Å². The van der Waals surface area contributed by atoms with Crippen LogP contribution in [-0.2, 0) is 0 Å². The largest absolute Gasteiger partial charge is 0.451 e. The Morgan fingerprint density at radius 3 is 2.24 bits per heavy atom. The lowest BCUT2D eigenvalue weighted by Crippen LogP contribution is -1.92. The molecule has 5 heteroatoms. The molecule has 0 aromatic heterocycles. The maximum atomic E-state index is 13.4. The summed E-state index contributed by atoms with van der Waals surface area (Å²) in [6.45, 7) is 0. The van der Waals surface area contributed by atoms with Crippen molar-refractivity contribution in [2.24, 2.45) is 0 Å². The van der Waals surface area contributed by atoms with Crippen molar-refractivity contribution in [2.45, 2.75) is 0 Å². The summed E-state index contributed by atoms with van der Waals surface area (Å²) >= 11 is 11.9. The van der Waals surface area contributed by atoms with Gasteiger partial charge in [0.2, 0.25) is 0 Å². The Morgan fingerprint density at radius 2 is 1.65 bits per heavy atom. The Bertz CT molecular complexity index is 537. The molecule has 2 rings (SSSR count). The Hall–Kier alpha value is -1.45. The van der Waals surface area contributed by atoms with Gasteiger partial charge in [0.1, 0.15) is 0 Å². The molecule has 0 fully saturated rings. The molecule has 2 aromatic carbocycles. The number of anilines is 1. The highest BCUT2D eigenvalue weighted by Crippen LogP contribution is 2.38. The Morgan fingerprint density at radius 1 is 1.06 bits per heavy atom. The average Bonchev–Trinajstić information content (AvgIpc) is 2.25. The molecule has 2 aromatic rings. The van der Waals surface area contributed by atoms with Crippen LogP contribution in [0.15, 0.2) is 36.4 Å². The molecule has 0 atom stereocenters. The third kappa shape index (κ3) is 2.62. The molecule has 0 aliphatic heterocycles. The van der Waals surface area contributed by atoms with Crippen LogP contribution in [0.1, 0.15) is 0 Å². The van der Waals surface area contributed by atoms with Crippen LogP contribution in [0.2, 0.25) is 10.0 Å². The Kier molecular flexibility index (Phi) is 3.41. The fraction of sp³-hybridized carbons (Fsp3) is 0. The Balaban J connectivity index is 2.40. The maximum absolute atomic E-state index is 13.4. The van der Waals surface area contributed by atoms with E-state index in [1.54, 1.807) is 12.1 Å². The van der Waals surface area contributed by atoms with Gasteiger partial charge in [0.05, 0.1) is 10.0 Å². The third-order valence-electron chi connectivity index (χ3n) is 2.07. The zero-order valence-electron chi connectivity index (χ0n) is 8.58. The summed E-state index contributed by atoms with van der Waals surface area (Å²) in [5, 5.41) is 0.469. The summed E-state index contributed by atoms with van der Waals surface area (Å²) in [6, 6.07) is 8.96. The fourth-order valence-electron chi connectivity index (χ4n) is 1.31. The number of rotatable bonds is 2. The summed E-state index contributed by atoms with van der Waals surface area (Å²) in [4.78, 5) is 0. The molecule has 0 saturated carbocycles. The molecular weight excluding hydrogens is 264 g/mol. The molecule has 2 N–H and O–H groups in total. The van der Waals surface area contributed by atoms with E-state index in [-0.39, 0.29) is 21.5 Å². The second kappa shape index (κ2) is 4.82. The van der Waals surface area contributed by atoms with E-state index in [1.165, 1.54) is 24.3 Å². The molecule has 0 unspecified atom stereocenters. The minimum Gasteiger partial charge on any atom is -0.451 e. The second-order valence-electron chi connectivity index (χ2n) is 3.35. The lowest BCUT2D eigenvalue weighted by Gasteiger charge is -2.10. The van der Waals surface area contributed by atoms with Gasteiger partial charge in [0, 0.05) is 5.69 Å². The van der Waals surface area contributed by atoms with Crippen LogP contribution in [0.25, 0.3) is 0 Å². The van der Waals surface area contributed by atoms with Crippen LogP contribution in [0.3, 0.4) is 0 Å². The predicted molar refractivity (Wildman–Crippen MR) is 67.3 cm³/mol. The lowest BCUT2D eigenvalue weighted by molar-refractivity contribution is 0.443. The summed E-state index contributed by atoms with van der Waals surface area (Å²) in [5.41, 5.74) is 5.97. The number of nitrogen functional groups attached to an aromatic ring is 1. The molecule has 0 aliphatic carbocycles. The van der Waals surface area contributed by atoms with Crippen molar-refractivity contribution in [1.29, 1.82) is 0 Å². The van der Waals surface area contributed by atoms with Gasteiger partial charge >= 0.3 is 0 Å². The smallest absolute Gasteiger partial charge is 0.165 e. The van der Waals surface area contributed by atoms with E-state index in [9.17, 15) is 4.39 Å². The molecule has 0 saturated heterocycles. The van der Waals surface area contributed by atoms with Crippen LogP contribution in [0.4, 0.5) is 10.1 Å². The van der Waals surface area contributed by atoms with Crippen molar-refractivity contribution in [3.63, 3.8) is 0 Å². The maximum Gasteiger partial charge on any atom is 0.165 e. The van der Waals surface area contributed by atoms with Crippen LogP contribution < -0.4 is 10.5 Å². The van der Waals surface area contributed by atoms with Crippen molar-refractivity contribution >= 4 is 28.9 Å². The lowest BCUT2D eigenvalue weighted by atomic mass is 10.3. The number of para-hydroxylation sites is 1. The van der Waals surface area contributed by atoms with E-state index in [1.807, 2.05) is 0 Å². The van der Waals surface area contributed by atoms with Gasteiger partial charge in [-0.05, 0) is 24.3 Å². The van der Waals surface area contributed by atoms with Gasteiger partial charge in [0.25, 0.3) is 0 Å². The molecule has 0 spiro atoms. The molecule has 0 aliphatic rings. The highest BCUT2D eigenvalue weighted by atomic mass is 35.5. The topological polar surface area (TPSA) is 35.2 Å². The minimum absolute atomic E-state index is 0.0565. The quantitative estimate of drug-likeness (QED) is 0.816. The van der Waals surface area contributed by atoms with E-state index in [2.05, 4.69) is 0 Å². The highest BCUT2D eigenvalue weighted by Gasteiger charge is 2.11. The van der Waals surface area contributed by atoms with Gasteiger partial charge < -0.3 is 10.5 Å². The zero-order chi connectivity index (χ0) is 12.4. The standard InChI is InChI=1S/C12H8Cl2FNO/c13-8-5-7(16)6-9(14)12(8)17-11-4-2-1-3-10(11)15/h1-6H,16H2. The predicted octanol–water partition coefficient (Wildman–Crippen LogP) is 4.51. The van der Waals surface area contributed by atoms with Crippen molar-refractivity contribution in [2.75, 3.05) is 5.73 Å². The first-order valence-electron chi connectivity index (χ1n) is 4.75. The van der Waals surface area contributed by atoms with E-state index >= 15 is 0 Å². The normalized spacial score (nSPS) is 10.3. The van der Waals surface area contributed by atoms with Gasteiger partial charge in [-0.3, -0.25) is 0 Å². The van der Waals surface area contributed by atoms with Gasteiger partial charge in [-0.25, -0.2) is 4.39 Å². The first kappa shape index (κ1) is 12.0. The number of halogens is 3. The van der Waals surface area contributed by atoms with E-state index in [0.29, 0.717) is 5.69 Å². The van der Waals surface area contributed by atoms with E-state index in [4.69, 9.17) is 33.7 Å². The monoisotopic (exact) mass is 271 g/mol. The fourth-order valence-corrected chi connectivity index (χ4v) is 1.90. The third-order valence-corrected chi connectivity index (χ3v) is 2.63. The second-order valence-corrected chi connectivity index (χ2v) is 4.16. The van der Waals surface area contributed by atoms with Crippen molar-refractivity contribution < 1.29 is 9.13 Å². The molecule has 0 radical (unpaired) electrons. The van der Waals surface area contributed by atoms with Gasteiger partial charge in [0.15, 0.2) is 17.3 Å². The average molecular weight is 272 g/mol. The first-order valence-corrected chi connectivity index (χ1v) is 5.50. The van der Waals surface area contributed by atoms with E-state index < -0.39 is 5.82 Å². The SMILES string of the molecule is Nc1cc(Cl)c(Oc2ccccc2F)c(Cl)c1. The number of nitrogens with two attached hydrogens (primary N) is 1. The number of hydrogen-bond donors (Lipinski definition) is 1. The van der Waals surface area contributed by atoms with Crippen molar-refractivity contribution in [3.05, 3.63) is 52.3 Å². The van der Waals surface area contributed by atoms with Crippen molar-refractivity contribution in [1.82, 2.24) is 0 Å². The number of benzene rings is 2. The molecule has 0 heterocycles. The molecule has 0 amide bonds. The van der Waals surface area contributed by atoms with Crippen molar-refractivity contribution in [3.8, 4) is 11.5 Å². The van der Waals surface area contributed by atoms with Crippen LogP contribution in [0.5, 0.6) is 11.5 Å². The van der Waals surface area contributed by atoms with Crippen LogP contribution in [0, 0.1) is 5.82 Å². The van der Waals surface area contributed by atoms with E-state index in [0.717, 1.165) is 0 Å². The first-order chi connectivity index (χ1) is 8.08. The highest BCUT2D eigenvalue weighted by molar-refractivity contribution is 6.37. The number of hydrogen-bond acceptors (Lipinski definition) is 2. The van der Waals surface area contributed by atoms with Crippen LogP contribution in [-0.4, -0.2) is 0 Å². The molecule has 2 nitrogen and oxygen atoms in total. The molecular formula is C12H8Cl2FNO. The molecule has 0 bridgehead atoms. The molecule has 88 valence electrons. The summed E-state index contributed by atoms with van der Waals surface area (Å²) in [6.07, 6.45) is 0. The minimum atomic E-state index is -0.489. The summed E-state index contributed by atoms with van der Waals surface area (Å²) in [7, 11) is 0. The molecule has 17 heavy (non-hydrogen) atoms. The van der Waals surface area contributed by atoms with Gasteiger partial charge in [-0.15, -0.1) is 0 Å². The van der Waals surface area contributed by atoms with Gasteiger partial charge in [-0.1, -0.05) is 35.3 Å². The zero-order valence-corrected chi connectivity index (χ0v) is 10.1.